The third-order valence-electron chi connectivity index (χ3n) is 3.79. The Balaban J connectivity index is 2.11. The lowest BCUT2D eigenvalue weighted by Crippen LogP contribution is -2.31. The van der Waals surface area contributed by atoms with Gasteiger partial charge in [-0.15, -0.1) is 0 Å². The van der Waals surface area contributed by atoms with Crippen molar-refractivity contribution in [3.8, 4) is 5.75 Å². The van der Waals surface area contributed by atoms with E-state index < -0.39 is 38.4 Å². The molecule has 0 amide bonds. The molecule has 7 nitrogen and oxygen atoms in total. The van der Waals surface area contributed by atoms with Gasteiger partial charge >= 0.3 is 0 Å². The number of benzene rings is 2. The number of ether oxygens (including phenoxy) is 1. The van der Waals surface area contributed by atoms with Gasteiger partial charge in [0.1, 0.15) is 22.5 Å². The highest BCUT2D eigenvalue weighted by Gasteiger charge is 2.31. The molecule has 0 radical (unpaired) electrons. The van der Waals surface area contributed by atoms with Crippen LogP contribution in [0.5, 0.6) is 5.75 Å². The summed E-state index contributed by atoms with van der Waals surface area (Å²) in [7, 11) is -3.27. The fourth-order valence-electron chi connectivity index (χ4n) is 2.52. The number of aryl methyl sites for hydroxylation is 1. The molecule has 0 unspecified atom stereocenters. The summed E-state index contributed by atoms with van der Waals surface area (Å²) in [5.74, 6) is -4.09. The lowest BCUT2D eigenvalue weighted by molar-refractivity contribution is 0.381. The van der Waals surface area contributed by atoms with Crippen LogP contribution in [0.2, 0.25) is 0 Å². The molecule has 1 N–H and O–H groups in total. The van der Waals surface area contributed by atoms with E-state index in [1.165, 1.54) is 14.0 Å². The number of sulfonamides is 1. The Morgan fingerprint density at radius 2 is 1.79 bits per heavy atom. The minimum absolute atomic E-state index is 0.0754. The molecule has 0 fully saturated rings. The molecule has 0 spiro atoms. The Labute approximate surface area is 158 Å². The monoisotopic (exact) mass is 413 g/mol. The van der Waals surface area contributed by atoms with E-state index in [-0.39, 0.29) is 23.8 Å². The van der Waals surface area contributed by atoms with Crippen LogP contribution < -0.4 is 9.46 Å². The first-order chi connectivity index (χ1) is 13.2. The van der Waals surface area contributed by atoms with Crippen molar-refractivity contribution in [3.63, 3.8) is 0 Å². The standard InChI is InChI=1S/C17H14F3N3O4S/c1-9-21-17(22-27-9)16(10-5-3-4-6-14(10)26-2)23-28(24,25)15-8-12(19)11(18)7-13(15)20/h3-8,16,23H,1-2H3/t16-/m0/s1. The average molecular weight is 413 g/mol. The number of para-hydroxylation sites is 1. The molecule has 3 rings (SSSR count). The normalized spacial score (nSPS) is 12.8. The van der Waals surface area contributed by atoms with E-state index in [1.54, 1.807) is 24.3 Å². The van der Waals surface area contributed by atoms with E-state index in [0.29, 0.717) is 11.3 Å². The first-order valence-corrected chi connectivity index (χ1v) is 9.31. The van der Waals surface area contributed by atoms with Crippen LogP contribution >= 0.6 is 0 Å². The van der Waals surface area contributed by atoms with Gasteiger partial charge in [-0.25, -0.2) is 21.6 Å². The van der Waals surface area contributed by atoms with E-state index >= 15 is 0 Å². The van der Waals surface area contributed by atoms with Crippen LogP contribution in [0.1, 0.15) is 23.3 Å². The van der Waals surface area contributed by atoms with Crippen molar-refractivity contribution in [2.75, 3.05) is 7.11 Å². The van der Waals surface area contributed by atoms with Crippen molar-refractivity contribution in [2.45, 2.75) is 17.9 Å². The number of hydrogen-bond donors (Lipinski definition) is 1. The largest absolute Gasteiger partial charge is 0.496 e. The van der Waals surface area contributed by atoms with Crippen molar-refractivity contribution >= 4 is 10.0 Å². The fraction of sp³-hybridized carbons (Fsp3) is 0.176. The summed E-state index contributed by atoms with van der Waals surface area (Å²) in [6.07, 6.45) is 0. The van der Waals surface area contributed by atoms with Crippen LogP contribution in [0.25, 0.3) is 0 Å². The molecule has 28 heavy (non-hydrogen) atoms. The molecule has 0 aliphatic carbocycles. The Kier molecular flexibility index (Phi) is 5.38. The maximum absolute atomic E-state index is 14.0. The highest BCUT2D eigenvalue weighted by Crippen LogP contribution is 2.30. The molecular weight excluding hydrogens is 399 g/mol. The minimum Gasteiger partial charge on any atom is -0.496 e. The van der Waals surface area contributed by atoms with Crippen LogP contribution in [0.3, 0.4) is 0 Å². The quantitative estimate of drug-likeness (QED) is 0.625. The minimum atomic E-state index is -4.65. The van der Waals surface area contributed by atoms with Crippen LogP contribution in [-0.4, -0.2) is 25.7 Å². The number of nitrogens with one attached hydrogen (secondary N) is 1. The first kappa shape index (κ1) is 19.8. The van der Waals surface area contributed by atoms with Gasteiger partial charge in [-0.1, -0.05) is 23.4 Å². The van der Waals surface area contributed by atoms with Crippen LogP contribution in [0, 0.1) is 24.4 Å². The molecule has 148 valence electrons. The van der Waals surface area contributed by atoms with Crippen LogP contribution in [0.4, 0.5) is 13.2 Å². The number of nitrogens with zero attached hydrogens (tertiary/aromatic N) is 2. The predicted molar refractivity (Wildman–Crippen MR) is 90.5 cm³/mol. The third kappa shape index (κ3) is 3.85. The summed E-state index contributed by atoms with van der Waals surface area (Å²) >= 11 is 0. The zero-order valence-electron chi connectivity index (χ0n) is 14.6. The summed E-state index contributed by atoms with van der Waals surface area (Å²) in [5.41, 5.74) is 0.303. The molecule has 1 heterocycles. The number of hydrogen-bond acceptors (Lipinski definition) is 6. The number of aromatic nitrogens is 2. The van der Waals surface area contributed by atoms with E-state index in [0.717, 1.165) is 0 Å². The Morgan fingerprint density at radius 3 is 2.43 bits per heavy atom. The number of methoxy groups -OCH3 is 1. The Bertz CT molecular complexity index is 1120. The van der Waals surface area contributed by atoms with Crippen molar-refractivity contribution in [1.82, 2.24) is 14.9 Å². The van der Waals surface area contributed by atoms with Gasteiger partial charge in [-0.05, 0) is 12.1 Å². The van der Waals surface area contributed by atoms with Gasteiger partial charge in [-0.2, -0.15) is 9.71 Å². The molecule has 0 aliphatic heterocycles. The van der Waals surface area contributed by atoms with Gasteiger partial charge in [0.05, 0.1) is 7.11 Å². The van der Waals surface area contributed by atoms with Crippen LogP contribution in [0.15, 0.2) is 45.8 Å². The topological polar surface area (TPSA) is 94.3 Å². The molecule has 3 aromatic rings. The van der Waals surface area contributed by atoms with Crippen molar-refractivity contribution in [1.29, 1.82) is 0 Å². The first-order valence-electron chi connectivity index (χ1n) is 7.83. The van der Waals surface area contributed by atoms with Gasteiger partial charge in [0.15, 0.2) is 17.5 Å². The molecule has 0 saturated heterocycles. The van der Waals surface area contributed by atoms with E-state index in [9.17, 15) is 21.6 Å². The fourth-order valence-corrected chi connectivity index (χ4v) is 3.77. The summed E-state index contributed by atoms with van der Waals surface area (Å²) < 4.78 is 78.4. The maximum atomic E-state index is 14.0. The zero-order chi connectivity index (χ0) is 20.5. The Hall–Kier alpha value is -2.92. The zero-order valence-corrected chi connectivity index (χ0v) is 15.4. The molecule has 1 atom stereocenters. The molecule has 11 heteroatoms. The molecule has 0 aliphatic rings. The SMILES string of the molecule is COc1ccccc1[C@H](NS(=O)(=O)c1cc(F)c(F)cc1F)c1noc(C)n1. The molecular formula is C17H14F3N3O4S. The van der Waals surface area contributed by atoms with Crippen LogP contribution in [-0.2, 0) is 10.0 Å². The molecule has 0 saturated carbocycles. The van der Waals surface area contributed by atoms with Crippen molar-refractivity contribution in [2.24, 2.45) is 0 Å². The summed E-state index contributed by atoms with van der Waals surface area (Å²) in [6.45, 7) is 1.50. The second-order valence-corrected chi connectivity index (χ2v) is 7.35. The Morgan fingerprint density at radius 1 is 1.11 bits per heavy atom. The lowest BCUT2D eigenvalue weighted by Gasteiger charge is -2.19. The van der Waals surface area contributed by atoms with Gasteiger partial charge in [0.2, 0.25) is 15.9 Å². The average Bonchev–Trinajstić information content (AvgIpc) is 3.08. The van der Waals surface area contributed by atoms with Gasteiger partial charge in [0, 0.05) is 18.6 Å². The van der Waals surface area contributed by atoms with E-state index in [2.05, 4.69) is 14.9 Å². The molecule has 0 bridgehead atoms. The summed E-state index contributed by atoms with van der Waals surface area (Å²) in [5, 5.41) is 3.70. The van der Waals surface area contributed by atoms with E-state index in [1.807, 2.05) is 0 Å². The molecule has 1 aromatic heterocycles. The maximum Gasteiger partial charge on any atom is 0.244 e. The number of rotatable bonds is 6. The smallest absolute Gasteiger partial charge is 0.244 e. The van der Waals surface area contributed by atoms with Gasteiger partial charge in [0.25, 0.3) is 0 Å². The highest BCUT2D eigenvalue weighted by molar-refractivity contribution is 7.89. The summed E-state index contributed by atoms with van der Waals surface area (Å²) in [4.78, 5) is 2.94. The highest BCUT2D eigenvalue weighted by atomic mass is 32.2. The summed E-state index contributed by atoms with van der Waals surface area (Å²) in [6, 6.07) is 5.55. The number of halogens is 3. The van der Waals surface area contributed by atoms with E-state index in [4.69, 9.17) is 9.26 Å². The van der Waals surface area contributed by atoms with Crippen molar-refractivity contribution < 1.29 is 30.8 Å². The molecule has 2 aromatic carbocycles. The van der Waals surface area contributed by atoms with Gasteiger partial charge < -0.3 is 9.26 Å². The third-order valence-corrected chi connectivity index (χ3v) is 5.23. The second kappa shape index (κ2) is 7.60. The van der Waals surface area contributed by atoms with Crippen molar-refractivity contribution in [3.05, 3.63) is 71.1 Å². The van der Waals surface area contributed by atoms with Gasteiger partial charge in [-0.3, -0.25) is 0 Å². The predicted octanol–water partition coefficient (Wildman–Crippen LogP) is 2.87. The lowest BCUT2D eigenvalue weighted by atomic mass is 10.1. The second-order valence-electron chi connectivity index (χ2n) is 5.66.